The van der Waals surface area contributed by atoms with Crippen molar-refractivity contribution < 1.29 is 0 Å². The highest BCUT2D eigenvalue weighted by molar-refractivity contribution is 5.42. The first-order valence-corrected chi connectivity index (χ1v) is 5.81. The van der Waals surface area contributed by atoms with Crippen LogP contribution in [-0.4, -0.2) is 23.1 Å². The van der Waals surface area contributed by atoms with Gasteiger partial charge in [-0.1, -0.05) is 12.2 Å². The number of nitrogen functional groups attached to an aromatic ring is 1. The number of rotatable bonds is 1. The van der Waals surface area contributed by atoms with Gasteiger partial charge in [0.2, 0.25) is 5.95 Å². The van der Waals surface area contributed by atoms with Crippen LogP contribution in [0.25, 0.3) is 0 Å². The first-order valence-electron chi connectivity index (χ1n) is 5.81. The lowest BCUT2D eigenvalue weighted by molar-refractivity contribution is 0.411. The second kappa shape index (κ2) is 3.77. The van der Waals surface area contributed by atoms with Crippen molar-refractivity contribution in [2.24, 2.45) is 11.8 Å². The molecule has 3 rings (SSSR count). The molecule has 4 nitrogen and oxygen atoms in total. The third kappa shape index (κ3) is 1.64. The Kier molecular flexibility index (Phi) is 2.27. The minimum atomic E-state index is 0.366. The second-order valence-corrected chi connectivity index (χ2v) is 4.64. The van der Waals surface area contributed by atoms with Crippen molar-refractivity contribution in [2.75, 3.05) is 23.7 Å². The number of anilines is 2. The van der Waals surface area contributed by atoms with E-state index in [1.165, 1.54) is 12.8 Å². The van der Waals surface area contributed by atoms with Gasteiger partial charge in [0.1, 0.15) is 5.82 Å². The topological polar surface area (TPSA) is 55.0 Å². The highest BCUT2D eigenvalue weighted by Crippen LogP contribution is 2.34. The molecule has 0 spiro atoms. The Labute approximate surface area is 95.2 Å². The first-order chi connectivity index (χ1) is 7.83. The van der Waals surface area contributed by atoms with Crippen LogP contribution in [0, 0.1) is 11.8 Å². The van der Waals surface area contributed by atoms with Crippen LogP contribution in [0.2, 0.25) is 0 Å². The lowest BCUT2D eigenvalue weighted by atomic mass is 9.86. The summed E-state index contributed by atoms with van der Waals surface area (Å²) in [4.78, 5) is 10.5. The van der Waals surface area contributed by atoms with E-state index in [9.17, 15) is 0 Å². The Bertz CT molecular complexity index is 399. The van der Waals surface area contributed by atoms with Crippen LogP contribution in [0.4, 0.5) is 11.8 Å². The zero-order valence-electron chi connectivity index (χ0n) is 9.21. The first kappa shape index (κ1) is 9.63. The minimum Gasteiger partial charge on any atom is -0.368 e. The average Bonchev–Trinajstić information content (AvgIpc) is 2.72. The largest absolute Gasteiger partial charge is 0.368 e. The van der Waals surface area contributed by atoms with Crippen molar-refractivity contribution in [3.05, 3.63) is 24.4 Å². The number of nitrogens with two attached hydrogens (primary N) is 1. The van der Waals surface area contributed by atoms with E-state index in [0.717, 1.165) is 30.7 Å². The van der Waals surface area contributed by atoms with Crippen LogP contribution < -0.4 is 10.6 Å². The van der Waals surface area contributed by atoms with Gasteiger partial charge >= 0.3 is 0 Å². The third-order valence-electron chi connectivity index (χ3n) is 3.60. The van der Waals surface area contributed by atoms with E-state index in [-0.39, 0.29) is 0 Å². The number of hydrogen-bond acceptors (Lipinski definition) is 4. The molecule has 4 heteroatoms. The van der Waals surface area contributed by atoms with E-state index in [4.69, 9.17) is 5.73 Å². The molecule has 0 amide bonds. The molecule has 1 saturated heterocycles. The Morgan fingerprint density at radius 2 is 1.88 bits per heavy atom. The summed E-state index contributed by atoms with van der Waals surface area (Å²) < 4.78 is 0. The Hall–Kier alpha value is -1.58. The molecular weight excluding hydrogens is 200 g/mol. The fourth-order valence-electron chi connectivity index (χ4n) is 2.74. The molecule has 0 radical (unpaired) electrons. The minimum absolute atomic E-state index is 0.366. The van der Waals surface area contributed by atoms with Crippen molar-refractivity contribution in [1.82, 2.24) is 9.97 Å². The van der Waals surface area contributed by atoms with Crippen molar-refractivity contribution in [3.63, 3.8) is 0 Å². The smallest absolute Gasteiger partial charge is 0.221 e. The summed E-state index contributed by atoms with van der Waals surface area (Å²) in [6.07, 6.45) is 8.76. The highest BCUT2D eigenvalue weighted by atomic mass is 15.2. The molecule has 2 atom stereocenters. The molecule has 16 heavy (non-hydrogen) atoms. The third-order valence-corrected chi connectivity index (χ3v) is 3.60. The van der Waals surface area contributed by atoms with Gasteiger partial charge < -0.3 is 10.6 Å². The van der Waals surface area contributed by atoms with Crippen molar-refractivity contribution >= 4 is 11.8 Å². The summed E-state index contributed by atoms with van der Waals surface area (Å²) in [6.45, 7) is 2.21. The molecule has 1 aliphatic heterocycles. The molecule has 1 aliphatic carbocycles. The van der Waals surface area contributed by atoms with Gasteiger partial charge in [-0.05, 0) is 30.7 Å². The molecule has 1 fully saturated rings. The van der Waals surface area contributed by atoms with Gasteiger partial charge in [0.05, 0.1) is 0 Å². The summed E-state index contributed by atoms with van der Waals surface area (Å²) >= 11 is 0. The predicted molar refractivity (Wildman–Crippen MR) is 64.0 cm³/mol. The molecule has 1 aromatic rings. The van der Waals surface area contributed by atoms with Crippen molar-refractivity contribution in [1.29, 1.82) is 0 Å². The second-order valence-electron chi connectivity index (χ2n) is 4.64. The zero-order valence-corrected chi connectivity index (χ0v) is 9.21. The number of fused-ring (bicyclic) bond motifs is 1. The quantitative estimate of drug-likeness (QED) is 0.722. The van der Waals surface area contributed by atoms with E-state index in [1.54, 1.807) is 6.20 Å². The van der Waals surface area contributed by atoms with Crippen LogP contribution in [0.3, 0.4) is 0 Å². The maximum Gasteiger partial charge on any atom is 0.221 e. The number of aromatic nitrogens is 2. The van der Waals surface area contributed by atoms with Crippen LogP contribution >= 0.6 is 0 Å². The molecule has 2 N–H and O–H groups in total. The maximum atomic E-state index is 5.61. The standard InChI is InChI=1S/C12H16N4/c13-12-14-6-5-11(15-12)16-7-9-3-1-2-4-10(9)8-16/h1-2,5-6,9-10H,3-4,7-8H2,(H2,13,14,15)/t9-,10+. The predicted octanol–water partition coefficient (Wildman–Crippen LogP) is 1.46. The molecule has 0 aromatic carbocycles. The van der Waals surface area contributed by atoms with E-state index >= 15 is 0 Å². The van der Waals surface area contributed by atoms with Gasteiger partial charge in [0, 0.05) is 19.3 Å². The van der Waals surface area contributed by atoms with Gasteiger partial charge in [-0.3, -0.25) is 0 Å². The van der Waals surface area contributed by atoms with Crippen LogP contribution in [-0.2, 0) is 0 Å². The lowest BCUT2D eigenvalue weighted by Gasteiger charge is -2.17. The Balaban J connectivity index is 1.79. The lowest BCUT2D eigenvalue weighted by Crippen LogP contribution is -2.21. The molecule has 2 heterocycles. The Morgan fingerprint density at radius 3 is 2.50 bits per heavy atom. The summed E-state index contributed by atoms with van der Waals surface area (Å²) in [5, 5.41) is 0. The molecule has 0 saturated carbocycles. The van der Waals surface area contributed by atoms with Gasteiger partial charge in [0.15, 0.2) is 0 Å². The number of hydrogen-bond donors (Lipinski definition) is 1. The van der Waals surface area contributed by atoms with Crippen LogP contribution in [0.5, 0.6) is 0 Å². The van der Waals surface area contributed by atoms with Crippen molar-refractivity contribution in [3.8, 4) is 0 Å². The van der Waals surface area contributed by atoms with Gasteiger partial charge in [-0.2, -0.15) is 4.98 Å². The molecule has 0 bridgehead atoms. The van der Waals surface area contributed by atoms with E-state index in [0.29, 0.717) is 5.95 Å². The summed E-state index contributed by atoms with van der Waals surface area (Å²) in [5.74, 6) is 2.93. The van der Waals surface area contributed by atoms with E-state index in [1.807, 2.05) is 6.07 Å². The highest BCUT2D eigenvalue weighted by Gasteiger charge is 2.33. The molecule has 84 valence electrons. The van der Waals surface area contributed by atoms with Gasteiger partial charge in [-0.15, -0.1) is 0 Å². The van der Waals surface area contributed by atoms with Gasteiger partial charge in [-0.25, -0.2) is 4.98 Å². The molecule has 2 aliphatic rings. The van der Waals surface area contributed by atoms with Crippen molar-refractivity contribution in [2.45, 2.75) is 12.8 Å². The fraction of sp³-hybridized carbons (Fsp3) is 0.500. The number of allylic oxidation sites excluding steroid dienone is 2. The average molecular weight is 216 g/mol. The van der Waals surface area contributed by atoms with Crippen LogP contribution in [0.15, 0.2) is 24.4 Å². The summed E-state index contributed by atoms with van der Waals surface area (Å²) in [5.41, 5.74) is 5.61. The fourth-order valence-corrected chi connectivity index (χ4v) is 2.74. The SMILES string of the molecule is Nc1nccc(N2C[C@H]3CC=CC[C@H]3C2)n1. The maximum absolute atomic E-state index is 5.61. The molecular formula is C12H16N4. The van der Waals surface area contributed by atoms with Gasteiger partial charge in [0.25, 0.3) is 0 Å². The van der Waals surface area contributed by atoms with Crippen LogP contribution in [0.1, 0.15) is 12.8 Å². The van der Waals surface area contributed by atoms with E-state index in [2.05, 4.69) is 27.0 Å². The zero-order chi connectivity index (χ0) is 11.0. The Morgan fingerprint density at radius 1 is 1.19 bits per heavy atom. The number of nitrogens with zero attached hydrogens (tertiary/aromatic N) is 3. The monoisotopic (exact) mass is 216 g/mol. The molecule has 1 aromatic heterocycles. The summed E-state index contributed by atoms with van der Waals surface area (Å²) in [6, 6.07) is 1.95. The normalized spacial score (nSPS) is 28.1. The molecule has 0 unspecified atom stereocenters. The summed E-state index contributed by atoms with van der Waals surface area (Å²) in [7, 11) is 0. The van der Waals surface area contributed by atoms with E-state index < -0.39 is 0 Å².